The SMILES string of the molecule is Cc1cc(=O)oc2ccc(OCCNCCCOc3ccccc3)cc12. The van der Waals surface area contributed by atoms with E-state index in [9.17, 15) is 4.79 Å². The minimum absolute atomic E-state index is 0.330. The van der Waals surface area contributed by atoms with Crippen LogP contribution in [0.25, 0.3) is 11.0 Å². The highest BCUT2D eigenvalue weighted by Gasteiger charge is 2.04. The number of aryl methyl sites for hydroxylation is 1. The third-order valence-corrected chi connectivity index (χ3v) is 3.98. The lowest BCUT2D eigenvalue weighted by Gasteiger charge is -2.09. The third kappa shape index (κ3) is 5.10. The summed E-state index contributed by atoms with van der Waals surface area (Å²) in [7, 11) is 0. The topological polar surface area (TPSA) is 60.7 Å². The van der Waals surface area contributed by atoms with Crippen LogP contribution in [-0.4, -0.2) is 26.3 Å². The Bertz CT molecular complexity index is 889. The highest BCUT2D eigenvalue weighted by molar-refractivity contribution is 5.81. The Labute approximate surface area is 152 Å². The highest BCUT2D eigenvalue weighted by Crippen LogP contribution is 2.22. The van der Waals surface area contributed by atoms with Gasteiger partial charge in [0.15, 0.2) is 0 Å². The molecule has 0 atom stereocenters. The van der Waals surface area contributed by atoms with Crippen LogP contribution in [0.5, 0.6) is 11.5 Å². The van der Waals surface area contributed by atoms with Crippen LogP contribution in [0, 0.1) is 6.92 Å². The molecule has 0 bridgehead atoms. The van der Waals surface area contributed by atoms with Crippen LogP contribution >= 0.6 is 0 Å². The Morgan fingerprint density at radius 3 is 2.58 bits per heavy atom. The second-order valence-electron chi connectivity index (χ2n) is 6.02. The largest absolute Gasteiger partial charge is 0.494 e. The summed E-state index contributed by atoms with van der Waals surface area (Å²) in [5, 5.41) is 4.23. The molecule has 136 valence electrons. The summed E-state index contributed by atoms with van der Waals surface area (Å²) in [4.78, 5) is 11.4. The zero-order valence-corrected chi connectivity index (χ0v) is 14.9. The van der Waals surface area contributed by atoms with E-state index in [0.29, 0.717) is 18.8 Å². The molecule has 0 amide bonds. The molecule has 0 aliphatic carbocycles. The van der Waals surface area contributed by atoms with Crippen molar-refractivity contribution in [2.45, 2.75) is 13.3 Å². The van der Waals surface area contributed by atoms with Gasteiger partial charge < -0.3 is 19.2 Å². The van der Waals surface area contributed by atoms with Crippen LogP contribution < -0.4 is 20.4 Å². The molecular weight excluding hydrogens is 330 g/mol. The maximum absolute atomic E-state index is 11.4. The maximum atomic E-state index is 11.4. The van der Waals surface area contributed by atoms with Gasteiger partial charge in [0.1, 0.15) is 23.7 Å². The average molecular weight is 353 g/mol. The van der Waals surface area contributed by atoms with Crippen LogP contribution in [0.4, 0.5) is 0 Å². The van der Waals surface area contributed by atoms with Crippen molar-refractivity contribution in [3.8, 4) is 11.5 Å². The predicted molar refractivity (Wildman–Crippen MR) is 102 cm³/mol. The van der Waals surface area contributed by atoms with Gasteiger partial charge in [-0.2, -0.15) is 0 Å². The lowest BCUT2D eigenvalue weighted by Crippen LogP contribution is -2.23. The number of hydrogen-bond donors (Lipinski definition) is 1. The molecule has 0 saturated carbocycles. The molecule has 5 nitrogen and oxygen atoms in total. The van der Waals surface area contributed by atoms with Crippen LogP contribution in [0.1, 0.15) is 12.0 Å². The summed E-state index contributed by atoms with van der Waals surface area (Å²) in [5.41, 5.74) is 1.14. The third-order valence-electron chi connectivity index (χ3n) is 3.98. The Balaban J connectivity index is 1.35. The standard InChI is InChI=1S/C21H23NO4/c1-16-14-21(23)26-20-9-8-18(15-19(16)20)25-13-11-22-10-5-12-24-17-6-3-2-4-7-17/h2-4,6-9,14-15,22H,5,10-13H2,1H3. The van der Waals surface area contributed by atoms with Crippen molar-refractivity contribution in [1.82, 2.24) is 5.32 Å². The van der Waals surface area contributed by atoms with E-state index in [-0.39, 0.29) is 5.63 Å². The molecule has 5 heteroatoms. The fourth-order valence-corrected chi connectivity index (χ4v) is 2.66. The summed E-state index contributed by atoms with van der Waals surface area (Å²) in [6.07, 6.45) is 0.934. The lowest BCUT2D eigenvalue weighted by atomic mass is 10.1. The lowest BCUT2D eigenvalue weighted by molar-refractivity contribution is 0.294. The van der Waals surface area contributed by atoms with E-state index in [2.05, 4.69) is 5.32 Å². The molecule has 1 aromatic heterocycles. The predicted octanol–water partition coefficient (Wildman–Crippen LogP) is 3.54. The second-order valence-corrected chi connectivity index (χ2v) is 6.02. The van der Waals surface area contributed by atoms with Gasteiger partial charge in [-0.15, -0.1) is 0 Å². The number of nitrogens with one attached hydrogen (secondary N) is 1. The molecular formula is C21H23NO4. The first kappa shape index (κ1) is 18.0. The molecule has 0 aliphatic heterocycles. The number of rotatable bonds is 9. The van der Waals surface area contributed by atoms with E-state index in [1.807, 2.05) is 49.4 Å². The van der Waals surface area contributed by atoms with Gasteiger partial charge >= 0.3 is 5.63 Å². The van der Waals surface area contributed by atoms with Crippen molar-refractivity contribution in [2.75, 3.05) is 26.3 Å². The van der Waals surface area contributed by atoms with Gasteiger partial charge in [-0.1, -0.05) is 18.2 Å². The first-order valence-corrected chi connectivity index (χ1v) is 8.78. The molecule has 0 radical (unpaired) electrons. The minimum atomic E-state index is -0.330. The van der Waals surface area contributed by atoms with Crippen LogP contribution in [0.15, 0.2) is 63.8 Å². The molecule has 1 N–H and O–H groups in total. The summed E-state index contributed by atoms with van der Waals surface area (Å²) in [5.74, 6) is 1.67. The van der Waals surface area contributed by atoms with Gasteiger partial charge in [0.2, 0.25) is 0 Å². The number of para-hydroxylation sites is 1. The molecule has 0 spiro atoms. The first-order chi connectivity index (χ1) is 12.7. The quantitative estimate of drug-likeness (QED) is 0.471. The van der Waals surface area contributed by atoms with E-state index in [0.717, 1.165) is 42.0 Å². The Kier molecular flexibility index (Phi) is 6.28. The fraction of sp³-hybridized carbons (Fsp3) is 0.286. The van der Waals surface area contributed by atoms with Gasteiger partial charge in [-0.05, 0) is 55.8 Å². The molecule has 1 heterocycles. The molecule has 0 fully saturated rings. The number of hydrogen-bond acceptors (Lipinski definition) is 5. The van der Waals surface area contributed by atoms with Crippen molar-refractivity contribution in [1.29, 1.82) is 0 Å². The molecule has 26 heavy (non-hydrogen) atoms. The van der Waals surface area contributed by atoms with E-state index in [1.165, 1.54) is 6.07 Å². The van der Waals surface area contributed by atoms with Crippen LogP contribution in [0.3, 0.4) is 0 Å². The summed E-state index contributed by atoms with van der Waals surface area (Å²) in [6.45, 7) is 4.78. The number of benzene rings is 2. The Morgan fingerprint density at radius 2 is 1.73 bits per heavy atom. The molecule has 3 aromatic rings. The number of ether oxygens (including phenoxy) is 2. The fourth-order valence-electron chi connectivity index (χ4n) is 2.66. The van der Waals surface area contributed by atoms with E-state index < -0.39 is 0 Å². The van der Waals surface area contributed by atoms with E-state index in [1.54, 1.807) is 6.07 Å². The number of fused-ring (bicyclic) bond motifs is 1. The van der Waals surface area contributed by atoms with Gasteiger partial charge in [0.25, 0.3) is 0 Å². The van der Waals surface area contributed by atoms with Crippen molar-refractivity contribution >= 4 is 11.0 Å². The minimum Gasteiger partial charge on any atom is -0.494 e. The summed E-state index contributed by atoms with van der Waals surface area (Å²) < 4.78 is 16.6. The van der Waals surface area contributed by atoms with Crippen LogP contribution in [-0.2, 0) is 0 Å². The van der Waals surface area contributed by atoms with Crippen LogP contribution in [0.2, 0.25) is 0 Å². The Hall–Kier alpha value is -2.79. The van der Waals surface area contributed by atoms with Crippen molar-refractivity contribution in [3.63, 3.8) is 0 Å². The van der Waals surface area contributed by atoms with Gasteiger partial charge in [0, 0.05) is 18.0 Å². The van der Waals surface area contributed by atoms with Gasteiger partial charge in [-0.25, -0.2) is 4.79 Å². The normalized spacial score (nSPS) is 10.8. The van der Waals surface area contributed by atoms with Gasteiger partial charge in [0.05, 0.1) is 6.61 Å². The first-order valence-electron chi connectivity index (χ1n) is 8.78. The second kappa shape index (κ2) is 9.06. The molecule has 0 saturated heterocycles. The maximum Gasteiger partial charge on any atom is 0.336 e. The molecule has 3 rings (SSSR count). The van der Waals surface area contributed by atoms with E-state index >= 15 is 0 Å². The molecule has 0 unspecified atom stereocenters. The summed E-state index contributed by atoms with van der Waals surface area (Å²) >= 11 is 0. The zero-order valence-electron chi connectivity index (χ0n) is 14.9. The highest BCUT2D eigenvalue weighted by atomic mass is 16.5. The smallest absolute Gasteiger partial charge is 0.336 e. The van der Waals surface area contributed by atoms with Crippen molar-refractivity contribution in [3.05, 3.63) is 70.6 Å². The molecule has 0 aliphatic rings. The van der Waals surface area contributed by atoms with Crippen molar-refractivity contribution < 1.29 is 13.9 Å². The summed E-state index contributed by atoms with van der Waals surface area (Å²) in [6, 6.07) is 16.8. The zero-order chi connectivity index (χ0) is 18.2. The van der Waals surface area contributed by atoms with Gasteiger partial charge in [-0.3, -0.25) is 0 Å². The molecule has 2 aromatic carbocycles. The Morgan fingerprint density at radius 1 is 0.923 bits per heavy atom. The van der Waals surface area contributed by atoms with E-state index in [4.69, 9.17) is 13.9 Å². The monoisotopic (exact) mass is 353 g/mol. The average Bonchev–Trinajstić information content (AvgIpc) is 2.65. The van der Waals surface area contributed by atoms with Crippen molar-refractivity contribution in [2.24, 2.45) is 0 Å².